The number of hydrogen-bond acceptors (Lipinski definition) is 5. The molecule has 0 spiro atoms. The summed E-state index contributed by atoms with van der Waals surface area (Å²) in [6.45, 7) is 0. The maximum Gasteiger partial charge on any atom is 0.357 e. The molecule has 0 fully saturated rings. The quantitative estimate of drug-likeness (QED) is 0.815. The number of nitrogens with zero attached hydrogens (tertiary/aromatic N) is 1. The van der Waals surface area contributed by atoms with Gasteiger partial charge >= 0.3 is 11.9 Å². The summed E-state index contributed by atoms with van der Waals surface area (Å²) in [5, 5.41) is 0. The third kappa shape index (κ3) is 3.23. The number of benzene rings is 1. The molecule has 3 rings (SSSR count). The number of aromatic nitrogens is 1. The fourth-order valence-electron chi connectivity index (χ4n) is 2.79. The van der Waals surface area contributed by atoms with Gasteiger partial charge in [-0.25, -0.2) is 14.6 Å². The first-order valence-corrected chi connectivity index (χ1v) is 7.53. The van der Waals surface area contributed by atoms with Crippen molar-refractivity contribution in [2.45, 2.75) is 25.4 Å². The first kappa shape index (κ1) is 15.2. The molecule has 0 saturated carbocycles. The predicted octanol–water partition coefficient (Wildman–Crippen LogP) is 3.10. The molecule has 1 aliphatic rings. The third-order valence-corrected chi connectivity index (χ3v) is 3.92. The van der Waals surface area contributed by atoms with Gasteiger partial charge in [0.15, 0.2) is 0 Å². The molecule has 0 N–H and O–H groups in total. The van der Waals surface area contributed by atoms with Crippen LogP contribution in [0.1, 0.15) is 51.0 Å². The Kier molecular flexibility index (Phi) is 4.37. The Hall–Kier alpha value is -2.69. The van der Waals surface area contributed by atoms with E-state index in [0.29, 0.717) is 0 Å². The van der Waals surface area contributed by atoms with Gasteiger partial charge in [0.2, 0.25) is 0 Å². The van der Waals surface area contributed by atoms with Gasteiger partial charge in [0, 0.05) is 0 Å². The van der Waals surface area contributed by atoms with Crippen LogP contribution < -0.4 is 0 Å². The van der Waals surface area contributed by atoms with Crippen molar-refractivity contribution in [1.29, 1.82) is 0 Å². The minimum Gasteiger partial charge on any atom is -0.464 e. The van der Waals surface area contributed by atoms with Crippen LogP contribution in [0.3, 0.4) is 0 Å². The minimum atomic E-state index is -0.581. The van der Waals surface area contributed by atoms with E-state index in [4.69, 9.17) is 4.74 Å². The van der Waals surface area contributed by atoms with Crippen molar-refractivity contribution >= 4 is 11.9 Å². The van der Waals surface area contributed by atoms with E-state index in [9.17, 15) is 9.59 Å². The highest BCUT2D eigenvalue weighted by atomic mass is 16.5. The van der Waals surface area contributed by atoms with Crippen LogP contribution in [-0.2, 0) is 15.9 Å². The molecule has 1 aromatic carbocycles. The van der Waals surface area contributed by atoms with Crippen LogP contribution in [0.25, 0.3) is 0 Å². The van der Waals surface area contributed by atoms with Gasteiger partial charge in [0.25, 0.3) is 0 Å². The van der Waals surface area contributed by atoms with Crippen LogP contribution in [0, 0.1) is 0 Å². The van der Waals surface area contributed by atoms with Gasteiger partial charge < -0.3 is 9.47 Å². The number of rotatable bonds is 3. The highest BCUT2D eigenvalue weighted by Gasteiger charge is 2.24. The van der Waals surface area contributed by atoms with Crippen molar-refractivity contribution in [3.63, 3.8) is 0 Å². The lowest BCUT2D eigenvalue weighted by Gasteiger charge is -2.25. The predicted molar refractivity (Wildman–Crippen MR) is 83.1 cm³/mol. The molecule has 5 heteroatoms. The van der Waals surface area contributed by atoms with E-state index in [-0.39, 0.29) is 17.5 Å². The van der Waals surface area contributed by atoms with Gasteiger partial charge in [-0.3, -0.25) is 0 Å². The third-order valence-electron chi connectivity index (χ3n) is 3.92. The van der Waals surface area contributed by atoms with Gasteiger partial charge in [0.1, 0.15) is 17.5 Å². The summed E-state index contributed by atoms with van der Waals surface area (Å²) in [6.07, 6.45) is 2.50. The van der Waals surface area contributed by atoms with E-state index in [1.54, 1.807) is 6.07 Å². The average molecular weight is 311 g/mol. The Morgan fingerprint density at radius 1 is 1.04 bits per heavy atom. The van der Waals surface area contributed by atoms with Gasteiger partial charge in [0.05, 0.1) is 7.11 Å². The molecule has 2 aromatic rings. The van der Waals surface area contributed by atoms with Gasteiger partial charge in [-0.1, -0.05) is 30.3 Å². The second-order valence-electron chi connectivity index (χ2n) is 5.38. The summed E-state index contributed by atoms with van der Waals surface area (Å²) in [6, 6.07) is 12.6. The van der Waals surface area contributed by atoms with Crippen LogP contribution in [-0.4, -0.2) is 24.0 Å². The largest absolute Gasteiger partial charge is 0.464 e. The van der Waals surface area contributed by atoms with E-state index >= 15 is 0 Å². The summed E-state index contributed by atoms with van der Waals surface area (Å²) in [4.78, 5) is 27.9. The number of fused-ring (bicyclic) bond motifs is 1. The SMILES string of the molecule is COC(=O)c1cccc(C(=O)O[C@@H]2CCCc3ccccc32)n1. The van der Waals surface area contributed by atoms with E-state index in [1.807, 2.05) is 18.2 Å². The number of ether oxygens (including phenoxy) is 2. The van der Waals surface area contributed by atoms with Crippen LogP contribution in [0.4, 0.5) is 0 Å². The Morgan fingerprint density at radius 3 is 2.57 bits per heavy atom. The first-order valence-electron chi connectivity index (χ1n) is 7.53. The molecule has 1 aliphatic carbocycles. The number of hydrogen-bond donors (Lipinski definition) is 0. The summed E-state index contributed by atoms with van der Waals surface area (Å²) >= 11 is 0. The Bertz CT molecular complexity index is 741. The molecule has 1 atom stereocenters. The Labute approximate surface area is 134 Å². The van der Waals surface area contributed by atoms with Crippen LogP contribution in [0.15, 0.2) is 42.5 Å². The number of aryl methyl sites for hydroxylation is 1. The van der Waals surface area contributed by atoms with Crippen molar-refractivity contribution in [1.82, 2.24) is 4.98 Å². The zero-order chi connectivity index (χ0) is 16.2. The Morgan fingerprint density at radius 2 is 1.78 bits per heavy atom. The summed E-state index contributed by atoms with van der Waals surface area (Å²) < 4.78 is 10.2. The number of carbonyl (C=O) groups excluding carboxylic acids is 2. The topological polar surface area (TPSA) is 65.5 Å². The van der Waals surface area contributed by atoms with Crippen molar-refractivity contribution in [2.24, 2.45) is 0 Å². The first-order chi connectivity index (χ1) is 11.2. The molecule has 1 aromatic heterocycles. The molecule has 0 amide bonds. The Balaban J connectivity index is 1.79. The van der Waals surface area contributed by atoms with E-state index < -0.39 is 11.9 Å². The van der Waals surface area contributed by atoms with E-state index in [1.165, 1.54) is 24.8 Å². The fraction of sp³-hybridized carbons (Fsp3) is 0.278. The van der Waals surface area contributed by atoms with Gasteiger partial charge in [-0.15, -0.1) is 0 Å². The normalized spacial score (nSPS) is 16.3. The van der Waals surface area contributed by atoms with Crippen molar-refractivity contribution in [2.75, 3.05) is 7.11 Å². The molecule has 23 heavy (non-hydrogen) atoms. The number of carbonyl (C=O) groups is 2. The van der Waals surface area contributed by atoms with E-state index in [0.717, 1.165) is 24.8 Å². The van der Waals surface area contributed by atoms with Crippen LogP contribution >= 0.6 is 0 Å². The standard InChI is InChI=1S/C18H17NO4/c1-22-17(20)14-9-5-10-15(19-14)18(21)23-16-11-4-7-12-6-2-3-8-13(12)16/h2-3,5-6,8-10,16H,4,7,11H2,1H3/t16-/m1/s1. The zero-order valence-corrected chi connectivity index (χ0v) is 12.8. The molecule has 0 aliphatic heterocycles. The van der Waals surface area contributed by atoms with Gasteiger partial charge in [-0.2, -0.15) is 0 Å². The molecule has 0 saturated heterocycles. The minimum absolute atomic E-state index is 0.0889. The fourth-order valence-corrected chi connectivity index (χ4v) is 2.79. The number of pyridine rings is 1. The molecule has 0 bridgehead atoms. The van der Waals surface area contributed by atoms with Crippen molar-refractivity contribution in [3.8, 4) is 0 Å². The molecule has 0 radical (unpaired) electrons. The molecule has 1 heterocycles. The number of esters is 2. The van der Waals surface area contributed by atoms with Crippen molar-refractivity contribution < 1.29 is 19.1 Å². The second-order valence-corrected chi connectivity index (χ2v) is 5.38. The summed E-state index contributed by atoms with van der Waals surface area (Å²) in [5.74, 6) is -1.11. The maximum atomic E-state index is 12.3. The average Bonchev–Trinajstić information content (AvgIpc) is 2.61. The van der Waals surface area contributed by atoms with Crippen LogP contribution in [0.2, 0.25) is 0 Å². The molecule has 118 valence electrons. The molecule has 0 unspecified atom stereocenters. The molecule has 5 nitrogen and oxygen atoms in total. The smallest absolute Gasteiger partial charge is 0.357 e. The summed E-state index contributed by atoms with van der Waals surface area (Å²) in [5.41, 5.74) is 2.46. The lowest BCUT2D eigenvalue weighted by Crippen LogP contribution is -2.18. The highest BCUT2D eigenvalue weighted by Crippen LogP contribution is 2.32. The van der Waals surface area contributed by atoms with Gasteiger partial charge in [-0.05, 0) is 42.5 Å². The summed E-state index contributed by atoms with van der Waals surface area (Å²) in [7, 11) is 1.27. The maximum absolute atomic E-state index is 12.3. The molecular formula is C18H17NO4. The zero-order valence-electron chi connectivity index (χ0n) is 12.8. The molecular weight excluding hydrogens is 294 g/mol. The highest BCUT2D eigenvalue weighted by molar-refractivity contribution is 5.91. The lowest BCUT2D eigenvalue weighted by molar-refractivity contribution is 0.0249. The number of methoxy groups -OCH3 is 1. The lowest BCUT2D eigenvalue weighted by atomic mass is 9.89. The van der Waals surface area contributed by atoms with Crippen molar-refractivity contribution in [3.05, 3.63) is 65.0 Å². The van der Waals surface area contributed by atoms with E-state index in [2.05, 4.69) is 15.8 Å². The van der Waals surface area contributed by atoms with Crippen LogP contribution in [0.5, 0.6) is 0 Å². The monoisotopic (exact) mass is 311 g/mol. The second kappa shape index (κ2) is 6.60.